The molecule has 5 rings (SSSR count). The summed E-state index contributed by atoms with van der Waals surface area (Å²) in [7, 11) is 3.09. The molecule has 1 saturated heterocycles. The third-order valence-electron chi connectivity index (χ3n) is 9.30. The van der Waals surface area contributed by atoms with Crippen LogP contribution in [0.4, 0.5) is 37.1 Å². The highest BCUT2D eigenvalue weighted by molar-refractivity contribution is 5.72. The van der Waals surface area contributed by atoms with Crippen molar-refractivity contribution in [1.29, 1.82) is 0 Å². The Morgan fingerprint density at radius 2 is 1.57 bits per heavy atom. The number of esters is 1. The monoisotopic (exact) mass is 696 g/mol. The molecule has 2 aromatic heterocycles. The van der Waals surface area contributed by atoms with E-state index in [0.717, 1.165) is 0 Å². The van der Waals surface area contributed by atoms with Crippen LogP contribution in [-0.2, 0) is 40.2 Å². The highest BCUT2D eigenvalue weighted by Gasteiger charge is 2.41. The lowest BCUT2D eigenvalue weighted by Crippen LogP contribution is -2.41. The van der Waals surface area contributed by atoms with Crippen molar-refractivity contribution in [3.05, 3.63) is 59.7 Å². The van der Waals surface area contributed by atoms with Gasteiger partial charge in [-0.25, -0.2) is 14.8 Å². The number of carbonyl (C=O) groups is 2. The summed E-state index contributed by atoms with van der Waals surface area (Å²) in [5, 5.41) is 4.13. The zero-order chi connectivity index (χ0) is 35.5. The van der Waals surface area contributed by atoms with Crippen LogP contribution < -0.4 is 4.90 Å². The van der Waals surface area contributed by atoms with Crippen molar-refractivity contribution in [2.75, 3.05) is 25.2 Å². The van der Waals surface area contributed by atoms with Gasteiger partial charge in [0, 0.05) is 55.9 Å². The van der Waals surface area contributed by atoms with Gasteiger partial charge in [0.2, 0.25) is 5.95 Å². The van der Waals surface area contributed by atoms with E-state index in [2.05, 4.69) is 15.1 Å². The van der Waals surface area contributed by atoms with Gasteiger partial charge in [-0.1, -0.05) is 6.92 Å². The molecule has 1 aromatic carbocycles. The van der Waals surface area contributed by atoms with Crippen molar-refractivity contribution in [1.82, 2.24) is 24.6 Å². The summed E-state index contributed by atoms with van der Waals surface area (Å²) < 4.78 is 94.5. The minimum absolute atomic E-state index is 0.0790. The van der Waals surface area contributed by atoms with E-state index < -0.39 is 35.6 Å². The van der Waals surface area contributed by atoms with Crippen LogP contribution in [0.3, 0.4) is 0 Å². The number of alkyl halides is 6. The van der Waals surface area contributed by atoms with Gasteiger partial charge in [-0.2, -0.15) is 31.4 Å². The predicted molar refractivity (Wildman–Crippen MR) is 165 cm³/mol. The van der Waals surface area contributed by atoms with Crippen molar-refractivity contribution >= 4 is 18.0 Å². The Labute approximate surface area is 279 Å². The second-order valence-electron chi connectivity index (χ2n) is 12.6. The topological polar surface area (TPSA) is 103 Å². The van der Waals surface area contributed by atoms with Gasteiger partial charge in [0.1, 0.15) is 0 Å². The third kappa shape index (κ3) is 8.63. The number of hydrogen-bond acceptors (Lipinski definition) is 8. The molecule has 2 atom stereocenters. The lowest BCUT2D eigenvalue weighted by atomic mass is 9.82. The molecule has 0 spiro atoms. The number of ether oxygens (including phenoxy) is 2. The quantitative estimate of drug-likeness (QED) is 0.176. The maximum atomic E-state index is 13.7. The molecular formula is C33H38F6N6O4. The second kappa shape index (κ2) is 14.6. The van der Waals surface area contributed by atoms with Crippen LogP contribution in [0.15, 0.2) is 43.0 Å². The number of halogens is 6. The van der Waals surface area contributed by atoms with Crippen LogP contribution in [0.2, 0.25) is 0 Å². The summed E-state index contributed by atoms with van der Waals surface area (Å²) in [6.45, 7) is 1.75. The molecule has 10 nitrogen and oxygen atoms in total. The molecule has 0 unspecified atom stereocenters. The zero-order valence-corrected chi connectivity index (χ0v) is 27.3. The number of anilines is 1. The average molecular weight is 697 g/mol. The smallest absolute Gasteiger partial charge is 0.416 e. The van der Waals surface area contributed by atoms with Gasteiger partial charge in [0.15, 0.2) is 0 Å². The summed E-state index contributed by atoms with van der Waals surface area (Å²) in [5.41, 5.74) is -1.76. The third-order valence-corrected chi connectivity index (χ3v) is 9.30. The number of carbonyl (C=O) groups excluding carboxylic acids is 2. The summed E-state index contributed by atoms with van der Waals surface area (Å²) in [4.78, 5) is 37.2. The molecule has 2 aliphatic rings. The molecule has 0 N–H and O–H groups in total. The lowest BCUT2D eigenvalue weighted by Gasteiger charge is -2.30. The average Bonchev–Trinajstić information content (AvgIpc) is 3.71. The maximum Gasteiger partial charge on any atom is 0.416 e. The number of benzene rings is 1. The maximum absolute atomic E-state index is 13.7. The Morgan fingerprint density at radius 1 is 0.939 bits per heavy atom. The minimum Gasteiger partial charge on any atom is -0.469 e. The first-order chi connectivity index (χ1) is 23.2. The Kier molecular flexibility index (Phi) is 10.7. The van der Waals surface area contributed by atoms with Gasteiger partial charge in [0.25, 0.3) is 0 Å². The Hall–Kier alpha value is -4.37. The van der Waals surface area contributed by atoms with E-state index in [0.29, 0.717) is 61.8 Å². The molecule has 0 bridgehead atoms. The van der Waals surface area contributed by atoms with Crippen LogP contribution in [0.25, 0.3) is 11.1 Å². The molecule has 1 amide bonds. The summed E-state index contributed by atoms with van der Waals surface area (Å²) in [6, 6.07) is 0.618. The van der Waals surface area contributed by atoms with Crippen LogP contribution in [0, 0.1) is 11.8 Å². The van der Waals surface area contributed by atoms with E-state index in [4.69, 9.17) is 9.47 Å². The van der Waals surface area contributed by atoms with Crippen LogP contribution in [-0.4, -0.2) is 69.1 Å². The van der Waals surface area contributed by atoms with Gasteiger partial charge in [-0.3, -0.25) is 9.48 Å². The standard InChI is InChI=1S/C33H38F6N6O4/c1-4-27-12-28(18-45(27)31(47)49-19-20-5-7-22(8-6-20)29(46)48-3)44(30-40-13-23(14-41-30)24-15-42-43(2)17-24)16-21-9-25(32(34,35)36)11-26(10-21)33(37,38)39/h9-11,13-15,17,20,22,27-28H,4-8,12,16,18-19H2,1-3H3/t20?,22?,27-,28+/m1/s1. The zero-order valence-electron chi connectivity index (χ0n) is 27.3. The largest absolute Gasteiger partial charge is 0.469 e. The number of methoxy groups -OCH3 is 1. The molecule has 0 radical (unpaired) electrons. The van der Waals surface area contributed by atoms with E-state index >= 15 is 0 Å². The summed E-state index contributed by atoms with van der Waals surface area (Å²) in [6.07, 6.45) is -0.658. The van der Waals surface area contributed by atoms with E-state index in [1.165, 1.54) is 19.5 Å². The van der Waals surface area contributed by atoms with E-state index in [1.54, 1.807) is 33.9 Å². The number of hydrogen-bond donors (Lipinski definition) is 0. The van der Waals surface area contributed by atoms with Crippen molar-refractivity contribution < 1.29 is 45.4 Å². The number of rotatable bonds is 9. The van der Waals surface area contributed by atoms with Crippen LogP contribution >= 0.6 is 0 Å². The summed E-state index contributed by atoms with van der Waals surface area (Å²) in [5.74, 6) is -0.257. The van der Waals surface area contributed by atoms with Crippen molar-refractivity contribution in [3.63, 3.8) is 0 Å². The molecule has 1 saturated carbocycles. The first-order valence-corrected chi connectivity index (χ1v) is 16.0. The number of aryl methyl sites for hydroxylation is 1. The van der Waals surface area contributed by atoms with Crippen LogP contribution in [0.1, 0.15) is 62.1 Å². The number of aromatic nitrogens is 4. The van der Waals surface area contributed by atoms with Gasteiger partial charge >= 0.3 is 24.4 Å². The lowest BCUT2D eigenvalue weighted by molar-refractivity contribution is -0.147. The molecule has 3 aromatic rings. The molecule has 1 aliphatic heterocycles. The number of likely N-dealkylation sites (tertiary alicyclic amines) is 1. The van der Waals surface area contributed by atoms with E-state index in [-0.39, 0.29) is 61.1 Å². The fourth-order valence-electron chi connectivity index (χ4n) is 6.59. The van der Waals surface area contributed by atoms with Crippen molar-refractivity contribution in [2.24, 2.45) is 18.9 Å². The fraction of sp³-hybridized carbons (Fsp3) is 0.545. The molecule has 2 fully saturated rings. The highest BCUT2D eigenvalue weighted by Crippen LogP contribution is 2.38. The molecule has 49 heavy (non-hydrogen) atoms. The molecule has 3 heterocycles. The molecule has 16 heteroatoms. The minimum atomic E-state index is -5.01. The number of nitrogens with zero attached hydrogens (tertiary/aromatic N) is 6. The first-order valence-electron chi connectivity index (χ1n) is 16.0. The summed E-state index contributed by atoms with van der Waals surface area (Å²) >= 11 is 0. The van der Waals surface area contributed by atoms with Crippen molar-refractivity contribution in [3.8, 4) is 11.1 Å². The van der Waals surface area contributed by atoms with E-state index in [9.17, 15) is 35.9 Å². The SMILES string of the molecule is CC[C@@H]1C[C@H](N(Cc2cc(C(F)(F)F)cc(C(F)(F)F)c2)c2ncc(-c3cnn(C)c3)cn2)CN1C(=O)OCC1CCC(C(=O)OC)CC1. The molecule has 1 aliphatic carbocycles. The van der Waals surface area contributed by atoms with Gasteiger partial charge < -0.3 is 19.3 Å². The first kappa shape index (κ1) is 35.9. The number of amides is 1. The van der Waals surface area contributed by atoms with Gasteiger partial charge in [-0.05, 0) is 68.2 Å². The normalized spacial score (nSPS) is 21.4. The molecule has 266 valence electrons. The Morgan fingerprint density at radius 3 is 2.10 bits per heavy atom. The Bertz CT molecular complexity index is 1570. The second-order valence-corrected chi connectivity index (χ2v) is 12.6. The fourth-order valence-corrected chi connectivity index (χ4v) is 6.59. The van der Waals surface area contributed by atoms with Crippen LogP contribution in [0.5, 0.6) is 0 Å². The van der Waals surface area contributed by atoms with E-state index in [1.807, 2.05) is 6.92 Å². The van der Waals surface area contributed by atoms with Gasteiger partial charge in [-0.15, -0.1) is 0 Å². The highest BCUT2D eigenvalue weighted by atomic mass is 19.4. The van der Waals surface area contributed by atoms with Gasteiger partial charge in [0.05, 0.1) is 43.0 Å². The predicted octanol–water partition coefficient (Wildman–Crippen LogP) is 6.89. The Balaban J connectivity index is 1.39. The van der Waals surface area contributed by atoms with Crippen molar-refractivity contribution in [2.45, 2.75) is 76.4 Å². The molecular weight excluding hydrogens is 658 g/mol.